The first-order valence-corrected chi connectivity index (χ1v) is 9.34. The van der Waals surface area contributed by atoms with E-state index in [0.717, 1.165) is 28.1 Å². The van der Waals surface area contributed by atoms with Crippen LogP contribution >= 0.6 is 0 Å². The summed E-state index contributed by atoms with van der Waals surface area (Å²) in [5.41, 5.74) is 4.97. The van der Waals surface area contributed by atoms with E-state index >= 15 is 0 Å². The molecule has 3 heterocycles. The summed E-state index contributed by atoms with van der Waals surface area (Å²) in [6, 6.07) is 9.96. The van der Waals surface area contributed by atoms with Crippen molar-refractivity contribution in [2.75, 3.05) is 0 Å². The molecule has 0 bridgehead atoms. The molecule has 0 radical (unpaired) electrons. The van der Waals surface area contributed by atoms with Gasteiger partial charge in [0.15, 0.2) is 5.82 Å². The topological polar surface area (TPSA) is 91.4 Å². The van der Waals surface area contributed by atoms with Gasteiger partial charge in [-0.1, -0.05) is 29.0 Å². The van der Waals surface area contributed by atoms with E-state index in [2.05, 4.69) is 31.3 Å². The third-order valence-corrected chi connectivity index (χ3v) is 4.66. The van der Waals surface area contributed by atoms with E-state index in [1.54, 1.807) is 21.6 Å². The van der Waals surface area contributed by atoms with Gasteiger partial charge in [0, 0.05) is 41.5 Å². The molecule has 0 saturated carbocycles. The Morgan fingerprint density at radius 2 is 1.76 bits per heavy atom. The van der Waals surface area contributed by atoms with E-state index in [-0.39, 0.29) is 5.69 Å². The van der Waals surface area contributed by atoms with Crippen molar-refractivity contribution in [3.8, 4) is 22.6 Å². The van der Waals surface area contributed by atoms with Crippen molar-refractivity contribution in [1.29, 1.82) is 0 Å². The molecule has 8 nitrogen and oxygen atoms in total. The maximum atomic E-state index is 12.1. The molecule has 0 saturated heterocycles. The van der Waals surface area contributed by atoms with Crippen molar-refractivity contribution in [2.24, 2.45) is 0 Å². The highest BCUT2D eigenvalue weighted by Crippen LogP contribution is 2.19. The zero-order valence-electron chi connectivity index (χ0n) is 16.6. The molecule has 0 aliphatic carbocycles. The maximum Gasteiger partial charge on any atom is 0.348 e. The van der Waals surface area contributed by atoms with Crippen LogP contribution in [0.4, 0.5) is 0 Å². The highest BCUT2D eigenvalue weighted by Gasteiger charge is 2.08. The van der Waals surface area contributed by atoms with E-state index in [1.807, 2.05) is 51.2 Å². The number of nitrogens with zero attached hydrogens (tertiary/aromatic N) is 7. The second-order valence-electron chi connectivity index (χ2n) is 7.00. The minimum Gasteiger partial charge on any atom is -0.295 e. The third-order valence-electron chi connectivity index (χ3n) is 4.66. The van der Waals surface area contributed by atoms with E-state index in [0.29, 0.717) is 24.6 Å². The summed E-state index contributed by atoms with van der Waals surface area (Å²) in [7, 11) is 0. The SMILES string of the molecule is Cc1cccc(-c2ncc(-c3cn(CCn4c(C)cc(C)nc4=O)nn3)cn2)c1. The van der Waals surface area contributed by atoms with E-state index in [9.17, 15) is 4.79 Å². The number of aromatic nitrogens is 7. The van der Waals surface area contributed by atoms with Crippen molar-refractivity contribution < 1.29 is 0 Å². The number of rotatable bonds is 5. The summed E-state index contributed by atoms with van der Waals surface area (Å²) in [4.78, 5) is 25.0. The molecule has 29 heavy (non-hydrogen) atoms. The van der Waals surface area contributed by atoms with Gasteiger partial charge in [-0.25, -0.2) is 14.8 Å². The quantitative estimate of drug-likeness (QED) is 0.523. The molecule has 4 rings (SSSR count). The zero-order chi connectivity index (χ0) is 20.4. The molecule has 4 aromatic rings. The summed E-state index contributed by atoms with van der Waals surface area (Å²) >= 11 is 0. The lowest BCUT2D eigenvalue weighted by atomic mass is 10.1. The van der Waals surface area contributed by atoms with Crippen LogP contribution in [0.2, 0.25) is 0 Å². The van der Waals surface area contributed by atoms with Gasteiger partial charge >= 0.3 is 5.69 Å². The predicted molar refractivity (Wildman–Crippen MR) is 109 cm³/mol. The van der Waals surface area contributed by atoms with Crippen LogP contribution in [-0.2, 0) is 13.1 Å². The largest absolute Gasteiger partial charge is 0.348 e. The van der Waals surface area contributed by atoms with E-state index < -0.39 is 0 Å². The van der Waals surface area contributed by atoms with Gasteiger partial charge in [0.2, 0.25) is 0 Å². The Labute approximate surface area is 167 Å². The van der Waals surface area contributed by atoms with Crippen molar-refractivity contribution in [1.82, 2.24) is 34.5 Å². The molecule has 8 heteroatoms. The normalized spacial score (nSPS) is 11.0. The van der Waals surface area contributed by atoms with Gasteiger partial charge in [-0.2, -0.15) is 4.98 Å². The molecule has 0 aliphatic heterocycles. The van der Waals surface area contributed by atoms with Crippen LogP contribution in [0.15, 0.2) is 53.7 Å². The fourth-order valence-electron chi connectivity index (χ4n) is 3.18. The monoisotopic (exact) mass is 387 g/mol. The summed E-state index contributed by atoms with van der Waals surface area (Å²) in [5, 5.41) is 8.36. The van der Waals surface area contributed by atoms with Crippen LogP contribution in [0.25, 0.3) is 22.6 Å². The van der Waals surface area contributed by atoms with Crippen LogP contribution in [0.5, 0.6) is 0 Å². The number of hydrogen-bond acceptors (Lipinski definition) is 6. The van der Waals surface area contributed by atoms with Gasteiger partial charge in [0.1, 0.15) is 5.69 Å². The summed E-state index contributed by atoms with van der Waals surface area (Å²) in [5.74, 6) is 0.673. The van der Waals surface area contributed by atoms with Gasteiger partial charge in [-0.05, 0) is 32.9 Å². The Kier molecular flexibility index (Phi) is 4.99. The van der Waals surface area contributed by atoms with Crippen molar-refractivity contribution in [3.05, 3.63) is 76.4 Å². The number of benzene rings is 1. The molecular weight excluding hydrogens is 366 g/mol. The van der Waals surface area contributed by atoms with Crippen LogP contribution in [-0.4, -0.2) is 34.5 Å². The molecule has 0 unspecified atom stereocenters. The summed E-state index contributed by atoms with van der Waals surface area (Å²) < 4.78 is 3.34. The fourth-order valence-corrected chi connectivity index (χ4v) is 3.18. The fraction of sp³-hybridized carbons (Fsp3) is 0.238. The van der Waals surface area contributed by atoms with Gasteiger partial charge in [-0.3, -0.25) is 9.25 Å². The first-order chi connectivity index (χ1) is 14.0. The van der Waals surface area contributed by atoms with Crippen molar-refractivity contribution >= 4 is 0 Å². The smallest absolute Gasteiger partial charge is 0.295 e. The summed E-state index contributed by atoms with van der Waals surface area (Å²) in [6.07, 6.45) is 5.32. The Hall–Kier alpha value is -3.68. The molecule has 0 aliphatic rings. The molecule has 0 N–H and O–H groups in total. The zero-order valence-corrected chi connectivity index (χ0v) is 16.6. The molecule has 0 spiro atoms. The molecule has 3 aromatic heterocycles. The van der Waals surface area contributed by atoms with Gasteiger partial charge < -0.3 is 0 Å². The number of aryl methyl sites for hydroxylation is 4. The lowest BCUT2D eigenvalue weighted by molar-refractivity contribution is 0.497. The lowest BCUT2D eigenvalue weighted by Crippen LogP contribution is -2.27. The Morgan fingerprint density at radius 1 is 0.966 bits per heavy atom. The molecule has 0 fully saturated rings. The van der Waals surface area contributed by atoms with Crippen LogP contribution in [0.3, 0.4) is 0 Å². The van der Waals surface area contributed by atoms with Crippen LogP contribution in [0, 0.1) is 20.8 Å². The average molecular weight is 387 g/mol. The summed E-state index contributed by atoms with van der Waals surface area (Å²) in [6.45, 7) is 6.74. The Bertz CT molecular complexity index is 1210. The predicted octanol–water partition coefficient (Wildman–Crippen LogP) is 2.58. The molecule has 1 aromatic carbocycles. The lowest BCUT2D eigenvalue weighted by Gasteiger charge is -2.09. The molecule has 0 amide bonds. The second-order valence-corrected chi connectivity index (χ2v) is 7.00. The second kappa shape index (κ2) is 7.75. The number of hydrogen-bond donors (Lipinski definition) is 0. The minimum absolute atomic E-state index is 0.247. The molecule has 146 valence electrons. The van der Waals surface area contributed by atoms with Gasteiger partial charge in [-0.15, -0.1) is 5.10 Å². The maximum absolute atomic E-state index is 12.1. The molecule has 0 atom stereocenters. The van der Waals surface area contributed by atoms with Crippen LogP contribution < -0.4 is 5.69 Å². The van der Waals surface area contributed by atoms with Crippen molar-refractivity contribution in [3.63, 3.8) is 0 Å². The van der Waals surface area contributed by atoms with Gasteiger partial charge in [0.25, 0.3) is 0 Å². The Morgan fingerprint density at radius 3 is 2.48 bits per heavy atom. The highest BCUT2D eigenvalue weighted by molar-refractivity contribution is 5.60. The Balaban J connectivity index is 1.49. The van der Waals surface area contributed by atoms with E-state index in [1.165, 1.54) is 0 Å². The van der Waals surface area contributed by atoms with E-state index in [4.69, 9.17) is 0 Å². The first-order valence-electron chi connectivity index (χ1n) is 9.34. The average Bonchev–Trinajstić information content (AvgIpc) is 3.16. The highest BCUT2D eigenvalue weighted by atomic mass is 16.1. The minimum atomic E-state index is -0.247. The van der Waals surface area contributed by atoms with Crippen molar-refractivity contribution in [2.45, 2.75) is 33.9 Å². The molecular formula is C21H21N7O. The third kappa shape index (κ3) is 4.11. The van der Waals surface area contributed by atoms with Crippen LogP contribution in [0.1, 0.15) is 17.0 Å². The standard InChI is InChI=1S/C21H21N7O/c1-14-5-4-6-17(9-14)20-22-11-18(12-23-20)19-13-27(26-25-19)7-8-28-16(3)10-15(2)24-21(28)29/h4-6,9-13H,7-8H2,1-3H3. The van der Waals surface area contributed by atoms with Gasteiger partial charge in [0.05, 0.1) is 12.7 Å². The first kappa shape index (κ1) is 18.7.